The van der Waals surface area contributed by atoms with E-state index in [-0.39, 0.29) is 6.04 Å². The molecule has 5 heteroatoms. The fourth-order valence-corrected chi connectivity index (χ4v) is 2.43. The number of hydrogen-bond acceptors (Lipinski definition) is 2. The zero-order valence-corrected chi connectivity index (χ0v) is 7.76. The Balaban J connectivity index is 2.79. The van der Waals surface area contributed by atoms with Gasteiger partial charge in [0.1, 0.15) is 0 Å². The molecule has 4 nitrogen and oxygen atoms in total. The van der Waals surface area contributed by atoms with Gasteiger partial charge in [-0.3, -0.25) is 0 Å². The highest BCUT2D eigenvalue weighted by atomic mass is 32.2. The summed E-state index contributed by atoms with van der Waals surface area (Å²) in [5.41, 5.74) is 0. The molecule has 2 N–H and O–H groups in total. The van der Waals surface area contributed by atoms with E-state index in [2.05, 4.69) is 6.58 Å². The Morgan fingerprint density at radius 1 is 1.50 bits per heavy atom. The van der Waals surface area contributed by atoms with Crippen molar-refractivity contribution in [2.45, 2.75) is 25.3 Å². The highest BCUT2D eigenvalue weighted by Gasteiger charge is 2.27. The average Bonchev–Trinajstić information content (AvgIpc) is 2.03. The second kappa shape index (κ2) is 3.55. The molecule has 0 radical (unpaired) electrons. The van der Waals surface area contributed by atoms with Crippen molar-refractivity contribution in [2.24, 2.45) is 5.14 Å². The zero-order valence-electron chi connectivity index (χ0n) is 6.94. The van der Waals surface area contributed by atoms with E-state index in [9.17, 15) is 8.42 Å². The van der Waals surface area contributed by atoms with Crippen LogP contribution in [0.5, 0.6) is 0 Å². The van der Waals surface area contributed by atoms with Gasteiger partial charge in [0.2, 0.25) is 0 Å². The molecule has 70 valence electrons. The minimum Gasteiger partial charge on any atom is -0.216 e. The van der Waals surface area contributed by atoms with Crippen LogP contribution >= 0.6 is 0 Å². The van der Waals surface area contributed by atoms with E-state index in [1.807, 2.05) is 0 Å². The summed E-state index contributed by atoms with van der Waals surface area (Å²) in [5, 5.41) is 5.03. The number of nitrogens with two attached hydrogens (primary N) is 1. The molecular weight excluding hydrogens is 176 g/mol. The first-order valence-electron chi connectivity index (χ1n) is 3.98. The van der Waals surface area contributed by atoms with E-state index < -0.39 is 10.2 Å². The summed E-state index contributed by atoms with van der Waals surface area (Å²) >= 11 is 0. The van der Waals surface area contributed by atoms with Gasteiger partial charge >= 0.3 is 0 Å². The Bertz CT molecular complexity index is 261. The minimum atomic E-state index is -3.53. The van der Waals surface area contributed by atoms with E-state index in [0.29, 0.717) is 6.54 Å². The summed E-state index contributed by atoms with van der Waals surface area (Å²) < 4.78 is 23.3. The van der Waals surface area contributed by atoms with Crippen molar-refractivity contribution in [1.29, 1.82) is 0 Å². The monoisotopic (exact) mass is 190 g/mol. The molecule has 0 amide bonds. The first-order chi connectivity index (χ1) is 5.55. The molecule has 1 atom stereocenters. The molecule has 1 aliphatic rings. The molecule has 1 heterocycles. The molecule has 0 aromatic heterocycles. The molecule has 0 spiro atoms. The molecular formula is C7H14N2O2S. The number of nitrogens with zero attached hydrogens (tertiary/aromatic N) is 1. The third-order valence-corrected chi connectivity index (χ3v) is 3.20. The van der Waals surface area contributed by atoms with Crippen LogP contribution in [-0.4, -0.2) is 25.3 Å². The van der Waals surface area contributed by atoms with Crippen molar-refractivity contribution in [2.75, 3.05) is 6.54 Å². The maximum Gasteiger partial charge on any atom is 0.277 e. The van der Waals surface area contributed by atoms with E-state index in [1.165, 1.54) is 4.31 Å². The van der Waals surface area contributed by atoms with Gasteiger partial charge in [0.05, 0.1) is 0 Å². The van der Waals surface area contributed by atoms with E-state index >= 15 is 0 Å². The Kier molecular flexibility index (Phi) is 2.87. The highest BCUT2D eigenvalue weighted by Crippen LogP contribution is 2.18. The molecule has 1 rings (SSSR count). The lowest BCUT2D eigenvalue weighted by Gasteiger charge is -2.30. The number of rotatable bonds is 2. The lowest BCUT2D eigenvalue weighted by atomic mass is 10.1. The van der Waals surface area contributed by atoms with Crippen molar-refractivity contribution in [1.82, 2.24) is 4.31 Å². The Morgan fingerprint density at radius 2 is 2.17 bits per heavy atom. The predicted molar refractivity (Wildman–Crippen MR) is 47.6 cm³/mol. The van der Waals surface area contributed by atoms with Crippen LogP contribution in [-0.2, 0) is 10.2 Å². The summed E-state index contributed by atoms with van der Waals surface area (Å²) in [4.78, 5) is 0. The lowest BCUT2D eigenvalue weighted by molar-refractivity contribution is 0.292. The van der Waals surface area contributed by atoms with E-state index in [1.54, 1.807) is 6.08 Å². The molecule has 0 aromatic rings. The van der Waals surface area contributed by atoms with Crippen molar-refractivity contribution < 1.29 is 8.42 Å². The standard InChI is InChI=1S/C7H14N2O2S/c1-2-7-5-3-4-6-9(7)12(8,10)11/h2,7H,1,3-6H2,(H2,8,10,11). The third-order valence-electron chi connectivity index (χ3n) is 2.10. The second-order valence-corrected chi connectivity index (χ2v) is 4.45. The highest BCUT2D eigenvalue weighted by molar-refractivity contribution is 7.86. The van der Waals surface area contributed by atoms with Crippen LogP contribution in [0, 0.1) is 0 Å². The Morgan fingerprint density at radius 3 is 2.58 bits per heavy atom. The fourth-order valence-electron chi connectivity index (χ4n) is 1.48. The van der Waals surface area contributed by atoms with Gasteiger partial charge in [-0.05, 0) is 12.8 Å². The first-order valence-corrected chi connectivity index (χ1v) is 5.48. The van der Waals surface area contributed by atoms with Crippen molar-refractivity contribution >= 4 is 10.2 Å². The predicted octanol–water partition coefficient (Wildman–Crippen LogP) is 0.230. The lowest BCUT2D eigenvalue weighted by Crippen LogP contribution is -2.45. The molecule has 1 unspecified atom stereocenters. The normalized spacial score (nSPS) is 26.9. The average molecular weight is 190 g/mol. The van der Waals surface area contributed by atoms with Crippen LogP contribution in [0.2, 0.25) is 0 Å². The molecule has 1 aliphatic heterocycles. The Labute approximate surface area is 73.2 Å². The molecule has 0 bridgehead atoms. The van der Waals surface area contributed by atoms with Crippen LogP contribution in [0.25, 0.3) is 0 Å². The number of piperidine rings is 1. The molecule has 0 saturated carbocycles. The molecule has 1 saturated heterocycles. The SMILES string of the molecule is C=CC1CCCCN1S(N)(=O)=O. The second-order valence-electron chi connectivity index (χ2n) is 2.95. The van der Waals surface area contributed by atoms with Crippen molar-refractivity contribution in [3.63, 3.8) is 0 Å². The summed E-state index contributed by atoms with van der Waals surface area (Å²) in [6.45, 7) is 4.11. The van der Waals surface area contributed by atoms with Gasteiger partial charge in [-0.2, -0.15) is 12.7 Å². The fraction of sp³-hybridized carbons (Fsp3) is 0.714. The van der Waals surface area contributed by atoms with Gasteiger partial charge in [-0.15, -0.1) is 6.58 Å². The first kappa shape index (κ1) is 9.70. The van der Waals surface area contributed by atoms with Gasteiger partial charge in [0, 0.05) is 12.6 Å². The maximum absolute atomic E-state index is 11.0. The summed E-state index contributed by atoms with van der Waals surface area (Å²) in [6, 6.07) is -0.103. The van der Waals surface area contributed by atoms with Crippen molar-refractivity contribution in [3.8, 4) is 0 Å². The largest absolute Gasteiger partial charge is 0.277 e. The van der Waals surface area contributed by atoms with Crippen molar-refractivity contribution in [3.05, 3.63) is 12.7 Å². The zero-order chi connectivity index (χ0) is 9.19. The van der Waals surface area contributed by atoms with E-state index in [0.717, 1.165) is 19.3 Å². The summed E-state index contributed by atoms with van der Waals surface area (Å²) in [5.74, 6) is 0. The maximum atomic E-state index is 11.0. The summed E-state index contributed by atoms with van der Waals surface area (Å²) in [7, 11) is -3.53. The molecule has 12 heavy (non-hydrogen) atoms. The third kappa shape index (κ3) is 2.06. The quantitative estimate of drug-likeness (QED) is 0.633. The molecule has 0 aromatic carbocycles. The van der Waals surface area contributed by atoms with Gasteiger partial charge in [-0.1, -0.05) is 12.5 Å². The van der Waals surface area contributed by atoms with Crippen LogP contribution in [0.3, 0.4) is 0 Å². The Hall–Kier alpha value is -0.390. The summed E-state index contributed by atoms with van der Waals surface area (Å²) in [6.07, 6.45) is 4.41. The molecule has 0 aliphatic carbocycles. The van der Waals surface area contributed by atoms with Crippen LogP contribution in [0.15, 0.2) is 12.7 Å². The van der Waals surface area contributed by atoms with Gasteiger partial charge in [0.15, 0.2) is 0 Å². The smallest absolute Gasteiger partial charge is 0.216 e. The van der Waals surface area contributed by atoms with Crippen LogP contribution in [0.4, 0.5) is 0 Å². The van der Waals surface area contributed by atoms with Crippen LogP contribution < -0.4 is 5.14 Å². The minimum absolute atomic E-state index is 0.103. The van der Waals surface area contributed by atoms with Gasteiger partial charge < -0.3 is 0 Å². The van der Waals surface area contributed by atoms with Gasteiger partial charge in [0.25, 0.3) is 10.2 Å². The van der Waals surface area contributed by atoms with E-state index in [4.69, 9.17) is 5.14 Å². The topological polar surface area (TPSA) is 63.4 Å². The van der Waals surface area contributed by atoms with Gasteiger partial charge in [-0.25, -0.2) is 5.14 Å². The van der Waals surface area contributed by atoms with Crippen LogP contribution in [0.1, 0.15) is 19.3 Å². The molecule has 1 fully saturated rings. The number of hydrogen-bond donors (Lipinski definition) is 1.